The van der Waals surface area contributed by atoms with Gasteiger partial charge < -0.3 is 10.6 Å². The molecule has 0 spiro atoms. The lowest BCUT2D eigenvalue weighted by Gasteiger charge is -2.33. The van der Waals surface area contributed by atoms with E-state index < -0.39 is 0 Å². The molecule has 0 saturated carbocycles. The van der Waals surface area contributed by atoms with E-state index in [9.17, 15) is 0 Å². The molecule has 0 heterocycles. The average Bonchev–Trinajstić information content (AvgIpc) is 1.99. The number of rotatable bonds is 6. The van der Waals surface area contributed by atoms with Crippen molar-refractivity contribution in [3.63, 3.8) is 0 Å². The van der Waals surface area contributed by atoms with Crippen LogP contribution in [0.2, 0.25) is 0 Å². The molecular weight excluding hydrogens is 172 g/mol. The zero-order valence-electron chi connectivity index (χ0n) is 10.8. The Morgan fingerprint density at radius 3 is 2.07 bits per heavy atom. The maximum atomic E-state index is 6.22. The third kappa shape index (κ3) is 5.61. The van der Waals surface area contributed by atoms with E-state index in [1.165, 1.54) is 6.42 Å². The molecule has 1 unspecified atom stereocenters. The summed E-state index contributed by atoms with van der Waals surface area (Å²) in [6, 6.07) is 0.322. The average molecular weight is 200 g/mol. The summed E-state index contributed by atoms with van der Waals surface area (Å²) in [5, 5.41) is 0. The first-order valence-electron chi connectivity index (χ1n) is 5.66. The van der Waals surface area contributed by atoms with Crippen LogP contribution in [0.15, 0.2) is 0 Å². The Kier molecular flexibility index (Phi) is 5.68. The van der Waals surface area contributed by atoms with Gasteiger partial charge in [-0.1, -0.05) is 27.7 Å². The predicted molar refractivity (Wildman–Crippen MR) is 64.4 cm³/mol. The van der Waals surface area contributed by atoms with Gasteiger partial charge in [-0.2, -0.15) is 0 Å². The Balaban J connectivity index is 4.02. The summed E-state index contributed by atoms with van der Waals surface area (Å²) in [6.45, 7) is 10.2. The molecule has 2 nitrogen and oxygen atoms in total. The van der Waals surface area contributed by atoms with Gasteiger partial charge in [-0.25, -0.2) is 0 Å². The van der Waals surface area contributed by atoms with Crippen molar-refractivity contribution in [2.75, 3.05) is 20.6 Å². The quantitative estimate of drug-likeness (QED) is 0.713. The standard InChI is InChI=1S/C12H28N2/c1-10(2)9-11(13)12(3,4)7-8-14(5)6/h10-11H,7-9,13H2,1-6H3. The second kappa shape index (κ2) is 5.72. The summed E-state index contributed by atoms with van der Waals surface area (Å²) < 4.78 is 0. The smallest absolute Gasteiger partial charge is 0.00931 e. The Bertz CT molecular complexity index is 150. The first-order chi connectivity index (χ1) is 6.25. The normalized spacial score (nSPS) is 15.2. The van der Waals surface area contributed by atoms with Crippen LogP contribution >= 0.6 is 0 Å². The van der Waals surface area contributed by atoms with Crippen molar-refractivity contribution in [1.82, 2.24) is 4.90 Å². The van der Waals surface area contributed by atoms with Crippen molar-refractivity contribution < 1.29 is 0 Å². The minimum absolute atomic E-state index is 0.258. The van der Waals surface area contributed by atoms with Crippen LogP contribution in [0.3, 0.4) is 0 Å². The highest BCUT2D eigenvalue weighted by atomic mass is 15.0. The molecule has 86 valence electrons. The zero-order valence-corrected chi connectivity index (χ0v) is 10.8. The van der Waals surface area contributed by atoms with Crippen molar-refractivity contribution in [2.24, 2.45) is 17.1 Å². The van der Waals surface area contributed by atoms with E-state index in [1.54, 1.807) is 0 Å². The largest absolute Gasteiger partial charge is 0.327 e. The summed E-state index contributed by atoms with van der Waals surface area (Å²) in [7, 11) is 4.23. The predicted octanol–water partition coefficient (Wildman–Crippen LogP) is 2.34. The SMILES string of the molecule is CC(C)CC(N)C(C)(C)CCN(C)C. The fourth-order valence-corrected chi connectivity index (χ4v) is 1.52. The lowest BCUT2D eigenvalue weighted by molar-refractivity contribution is 0.208. The van der Waals surface area contributed by atoms with E-state index in [-0.39, 0.29) is 5.41 Å². The van der Waals surface area contributed by atoms with Gasteiger partial charge in [-0.05, 0) is 44.8 Å². The second-order valence-electron chi connectivity index (χ2n) is 5.78. The fourth-order valence-electron chi connectivity index (χ4n) is 1.52. The molecule has 0 aliphatic rings. The highest BCUT2D eigenvalue weighted by molar-refractivity contribution is 4.82. The molecule has 0 rings (SSSR count). The molecule has 0 saturated heterocycles. The number of nitrogens with zero attached hydrogens (tertiary/aromatic N) is 1. The monoisotopic (exact) mass is 200 g/mol. The van der Waals surface area contributed by atoms with Gasteiger partial charge in [0.25, 0.3) is 0 Å². The zero-order chi connectivity index (χ0) is 11.4. The van der Waals surface area contributed by atoms with Gasteiger partial charge in [-0.15, -0.1) is 0 Å². The highest BCUT2D eigenvalue weighted by Crippen LogP contribution is 2.27. The van der Waals surface area contributed by atoms with Crippen molar-refractivity contribution in [2.45, 2.75) is 46.6 Å². The minimum Gasteiger partial charge on any atom is -0.327 e. The molecule has 2 N–H and O–H groups in total. The van der Waals surface area contributed by atoms with Crippen LogP contribution in [0, 0.1) is 11.3 Å². The van der Waals surface area contributed by atoms with Crippen LogP contribution in [0.25, 0.3) is 0 Å². The number of nitrogens with two attached hydrogens (primary N) is 1. The maximum Gasteiger partial charge on any atom is 0.00931 e. The third-order valence-electron chi connectivity index (χ3n) is 2.93. The molecule has 0 aliphatic heterocycles. The molecule has 14 heavy (non-hydrogen) atoms. The molecule has 0 radical (unpaired) electrons. The molecule has 0 amide bonds. The first-order valence-corrected chi connectivity index (χ1v) is 5.66. The van der Waals surface area contributed by atoms with Gasteiger partial charge in [0.1, 0.15) is 0 Å². The van der Waals surface area contributed by atoms with Crippen molar-refractivity contribution in [3.8, 4) is 0 Å². The Morgan fingerprint density at radius 2 is 1.71 bits per heavy atom. The van der Waals surface area contributed by atoms with Crippen LogP contribution in [0.4, 0.5) is 0 Å². The van der Waals surface area contributed by atoms with E-state index in [0.29, 0.717) is 12.0 Å². The van der Waals surface area contributed by atoms with Gasteiger partial charge in [0.15, 0.2) is 0 Å². The molecule has 2 heteroatoms. The maximum absolute atomic E-state index is 6.22. The van der Waals surface area contributed by atoms with E-state index in [4.69, 9.17) is 5.73 Å². The summed E-state index contributed by atoms with van der Waals surface area (Å²) in [5.74, 6) is 0.698. The van der Waals surface area contributed by atoms with E-state index in [0.717, 1.165) is 13.0 Å². The Hall–Kier alpha value is -0.0800. The summed E-state index contributed by atoms with van der Waals surface area (Å²) in [6.07, 6.45) is 2.30. The summed E-state index contributed by atoms with van der Waals surface area (Å²) in [5.41, 5.74) is 6.48. The first kappa shape index (κ1) is 13.9. The molecule has 1 atom stereocenters. The molecule has 0 bridgehead atoms. The minimum atomic E-state index is 0.258. The van der Waals surface area contributed by atoms with Gasteiger partial charge in [0.2, 0.25) is 0 Å². The Labute approximate surface area is 89.9 Å². The second-order valence-corrected chi connectivity index (χ2v) is 5.78. The fraction of sp³-hybridized carbons (Fsp3) is 1.00. The van der Waals surface area contributed by atoms with Crippen molar-refractivity contribution in [3.05, 3.63) is 0 Å². The van der Waals surface area contributed by atoms with Gasteiger partial charge in [0, 0.05) is 6.04 Å². The van der Waals surface area contributed by atoms with E-state index in [2.05, 4.69) is 46.7 Å². The molecule has 0 aromatic carbocycles. The molecule has 0 aromatic rings. The molecule has 0 aromatic heterocycles. The lowest BCUT2D eigenvalue weighted by Crippen LogP contribution is -2.40. The Morgan fingerprint density at radius 1 is 1.21 bits per heavy atom. The van der Waals surface area contributed by atoms with Crippen LogP contribution in [0.5, 0.6) is 0 Å². The van der Waals surface area contributed by atoms with E-state index in [1.807, 2.05) is 0 Å². The van der Waals surface area contributed by atoms with Crippen LogP contribution in [-0.2, 0) is 0 Å². The van der Waals surface area contributed by atoms with Crippen LogP contribution in [-0.4, -0.2) is 31.6 Å². The number of hydrogen-bond donors (Lipinski definition) is 1. The van der Waals surface area contributed by atoms with Crippen molar-refractivity contribution >= 4 is 0 Å². The van der Waals surface area contributed by atoms with Crippen molar-refractivity contribution in [1.29, 1.82) is 0 Å². The lowest BCUT2D eigenvalue weighted by atomic mass is 9.78. The third-order valence-corrected chi connectivity index (χ3v) is 2.93. The van der Waals surface area contributed by atoms with Gasteiger partial charge in [-0.3, -0.25) is 0 Å². The number of hydrogen-bond acceptors (Lipinski definition) is 2. The molecular formula is C12H28N2. The van der Waals surface area contributed by atoms with Gasteiger partial charge in [0.05, 0.1) is 0 Å². The molecule has 0 aliphatic carbocycles. The summed E-state index contributed by atoms with van der Waals surface area (Å²) >= 11 is 0. The molecule has 0 fully saturated rings. The topological polar surface area (TPSA) is 29.3 Å². The van der Waals surface area contributed by atoms with Crippen LogP contribution in [0.1, 0.15) is 40.5 Å². The van der Waals surface area contributed by atoms with E-state index >= 15 is 0 Å². The van der Waals surface area contributed by atoms with Gasteiger partial charge >= 0.3 is 0 Å². The summed E-state index contributed by atoms with van der Waals surface area (Å²) in [4.78, 5) is 2.23. The van der Waals surface area contributed by atoms with Crippen LogP contribution < -0.4 is 5.73 Å². The highest BCUT2D eigenvalue weighted by Gasteiger charge is 2.26.